The Morgan fingerprint density at radius 3 is 2.28 bits per heavy atom. The summed E-state index contributed by atoms with van der Waals surface area (Å²) >= 11 is 1.79. The first-order valence-electron chi connectivity index (χ1n) is 6.41. The van der Waals surface area contributed by atoms with Crippen molar-refractivity contribution in [1.29, 1.82) is 0 Å². The molecular weight excluding hydrogens is 240 g/mol. The molecule has 0 bridgehead atoms. The van der Waals surface area contributed by atoms with Crippen LogP contribution in [0.5, 0.6) is 0 Å². The van der Waals surface area contributed by atoms with E-state index < -0.39 is 0 Å². The number of rotatable bonds is 7. The van der Waals surface area contributed by atoms with Gasteiger partial charge in [0.15, 0.2) is 0 Å². The molecule has 0 saturated carbocycles. The van der Waals surface area contributed by atoms with Gasteiger partial charge in [-0.3, -0.25) is 0 Å². The second-order valence-electron chi connectivity index (χ2n) is 5.85. The highest BCUT2D eigenvalue weighted by Gasteiger charge is 2.17. The summed E-state index contributed by atoms with van der Waals surface area (Å²) in [6.07, 6.45) is 2.11. The van der Waals surface area contributed by atoms with E-state index in [4.69, 9.17) is 0 Å². The Balaban J connectivity index is 2.36. The third-order valence-electron chi connectivity index (χ3n) is 2.84. The van der Waals surface area contributed by atoms with Crippen molar-refractivity contribution in [2.75, 3.05) is 33.4 Å². The topological polar surface area (TPSA) is 15.3 Å². The largest absolute Gasteiger partial charge is 0.312 e. The lowest BCUT2D eigenvalue weighted by molar-refractivity contribution is 0.232. The van der Waals surface area contributed by atoms with E-state index >= 15 is 0 Å². The lowest BCUT2D eigenvalue weighted by atomic mass is 9.93. The molecule has 1 rings (SSSR count). The van der Waals surface area contributed by atoms with Gasteiger partial charge in [0.1, 0.15) is 0 Å². The van der Waals surface area contributed by atoms with Crippen LogP contribution in [0.1, 0.15) is 19.4 Å². The average Bonchev–Trinajstić information content (AvgIpc) is 2.28. The number of benzene rings is 1. The van der Waals surface area contributed by atoms with E-state index in [2.05, 4.69) is 68.7 Å². The molecule has 18 heavy (non-hydrogen) atoms. The molecule has 0 heterocycles. The molecule has 0 radical (unpaired) electrons. The fourth-order valence-electron chi connectivity index (χ4n) is 2.20. The molecule has 0 unspecified atom stereocenters. The summed E-state index contributed by atoms with van der Waals surface area (Å²) in [5.41, 5.74) is 1.66. The molecule has 2 nitrogen and oxygen atoms in total. The van der Waals surface area contributed by atoms with E-state index in [9.17, 15) is 0 Å². The van der Waals surface area contributed by atoms with Gasteiger partial charge < -0.3 is 10.2 Å². The Kier molecular flexibility index (Phi) is 6.19. The molecule has 1 aromatic rings. The maximum absolute atomic E-state index is 3.55. The molecule has 1 N–H and O–H groups in total. The molecule has 0 aliphatic rings. The zero-order valence-corrected chi connectivity index (χ0v) is 13.1. The SMILES string of the molecule is CSc1ccc(CNCC(C)(C)CN(C)C)cc1. The number of nitrogens with zero attached hydrogens (tertiary/aromatic N) is 1. The minimum absolute atomic E-state index is 0.308. The lowest BCUT2D eigenvalue weighted by Crippen LogP contribution is -2.37. The fourth-order valence-corrected chi connectivity index (χ4v) is 2.61. The predicted octanol–water partition coefficient (Wildman–Crippen LogP) is 3.09. The summed E-state index contributed by atoms with van der Waals surface area (Å²) in [5.74, 6) is 0. The Hall–Kier alpha value is -0.510. The van der Waals surface area contributed by atoms with Crippen LogP contribution in [0.4, 0.5) is 0 Å². The molecule has 0 amide bonds. The summed E-state index contributed by atoms with van der Waals surface area (Å²) in [6, 6.07) is 8.79. The molecule has 0 aliphatic carbocycles. The minimum atomic E-state index is 0.308. The molecule has 0 fully saturated rings. The van der Waals surface area contributed by atoms with Gasteiger partial charge in [-0.05, 0) is 43.5 Å². The van der Waals surface area contributed by atoms with Gasteiger partial charge in [0.2, 0.25) is 0 Å². The summed E-state index contributed by atoms with van der Waals surface area (Å²) < 4.78 is 0. The van der Waals surface area contributed by atoms with Crippen LogP contribution in [0.3, 0.4) is 0 Å². The van der Waals surface area contributed by atoms with Crippen LogP contribution in [0.15, 0.2) is 29.2 Å². The number of thioether (sulfide) groups is 1. The number of hydrogen-bond donors (Lipinski definition) is 1. The molecule has 0 atom stereocenters. The van der Waals surface area contributed by atoms with Crippen molar-refractivity contribution in [3.05, 3.63) is 29.8 Å². The van der Waals surface area contributed by atoms with Gasteiger partial charge in [-0.1, -0.05) is 26.0 Å². The van der Waals surface area contributed by atoms with Gasteiger partial charge in [-0.2, -0.15) is 0 Å². The first-order chi connectivity index (χ1) is 8.43. The minimum Gasteiger partial charge on any atom is -0.312 e. The summed E-state index contributed by atoms with van der Waals surface area (Å²) in [4.78, 5) is 3.57. The van der Waals surface area contributed by atoms with Crippen LogP contribution >= 0.6 is 11.8 Å². The van der Waals surface area contributed by atoms with Gasteiger partial charge >= 0.3 is 0 Å². The Bertz CT molecular complexity index is 344. The third kappa shape index (κ3) is 5.89. The van der Waals surface area contributed by atoms with Crippen molar-refractivity contribution in [1.82, 2.24) is 10.2 Å². The molecule has 1 aromatic carbocycles. The van der Waals surface area contributed by atoms with Crippen molar-refractivity contribution in [2.45, 2.75) is 25.3 Å². The van der Waals surface area contributed by atoms with Crippen LogP contribution in [0, 0.1) is 5.41 Å². The molecule has 0 spiro atoms. The molecule has 0 saturated heterocycles. The summed E-state index contributed by atoms with van der Waals surface area (Å²) in [6.45, 7) is 7.69. The van der Waals surface area contributed by atoms with Crippen LogP contribution in [-0.4, -0.2) is 38.3 Å². The van der Waals surface area contributed by atoms with E-state index in [1.54, 1.807) is 11.8 Å². The van der Waals surface area contributed by atoms with Gasteiger partial charge in [-0.15, -0.1) is 11.8 Å². The van der Waals surface area contributed by atoms with E-state index in [0.29, 0.717) is 5.41 Å². The second kappa shape index (κ2) is 7.17. The summed E-state index contributed by atoms with van der Waals surface area (Å²) in [7, 11) is 4.26. The van der Waals surface area contributed by atoms with Crippen molar-refractivity contribution >= 4 is 11.8 Å². The average molecular weight is 266 g/mol. The monoisotopic (exact) mass is 266 g/mol. The van der Waals surface area contributed by atoms with Crippen molar-refractivity contribution < 1.29 is 0 Å². The maximum atomic E-state index is 3.55. The van der Waals surface area contributed by atoms with Crippen molar-refractivity contribution in [3.63, 3.8) is 0 Å². The normalized spacial score (nSPS) is 12.1. The van der Waals surface area contributed by atoms with Gasteiger partial charge in [0, 0.05) is 24.5 Å². The highest BCUT2D eigenvalue weighted by atomic mass is 32.2. The smallest absolute Gasteiger partial charge is 0.0205 e. The second-order valence-corrected chi connectivity index (χ2v) is 6.73. The van der Waals surface area contributed by atoms with Crippen molar-refractivity contribution in [2.24, 2.45) is 5.41 Å². The first kappa shape index (κ1) is 15.5. The maximum Gasteiger partial charge on any atom is 0.0205 e. The van der Waals surface area contributed by atoms with E-state index in [1.807, 2.05) is 0 Å². The van der Waals surface area contributed by atoms with Crippen LogP contribution in [-0.2, 0) is 6.54 Å². The standard InChI is InChI=1S/C15H26N2S/c1-15(2,12-17(3)4)11-16-10-13-6-8-14(18-5)9-7-13/h6-9,16H,10-12H2,1-5H3. The van der Waals surface area contributed by atoms with Gasteiger partial charge in [0.05, 0.1) is 0 Å². The fraction of sp³-hybridized carbons (Fsp3) is 0.600. The summed E-state index contributed by atoms with van der Waals surface area (Å²) in [5, 5.41) is 3.55. The van der Waals surface area contributed by atoms with Gasteiger partial charge in [0.25, 0.3) is 0 Å². The highest BCUT2D eigenvalue weighted by molar-refractivity contribution is 7.98. The third-order valence-corrected chi connectivity index (χ3v) is 3.58. The molecule has 102 valence electrons. The number of nitrogens with one attached hydrogen (secondary N) is 1. The van der Waals surface area contributed by atoms with E-state index in [1.165, 1.54) is 10.5 Å². The van der Waals surface area contributed by atoms with E-state index in [-0.39, 0.29) is 0 Å². The van der Waals surface area contributed by atoms with Crippen LogP contribution < -0.4 is 5.32 Å². The van der Waals surface area contributed by atoms with Crippen molar-refractivity contribution in [3.8, 4) is 0 Å². The molecule has 0 aromatic heterocycles. The van der Waals surface area contributed by atoms with Crippen LogP contribution in [0.2, 0.25) is 0 Å². The Morgan fingerprint density at radius 2 is 1.78 bits per heavy atom. The van der Waals surface area contributed by atoms with Gasteiger partial charge in [-0.25, -0.2) is 0 Å². The molecular formula is C15H26N2S. The number of hydrogen-bond acceptors (Lipinski definition) is 3. The predicted molar refractivity (Wildman–Crippen MR) is 82.3 cm³/mol. The zero-order valence-electron chi connectivity index (χ0n) is 12.3. The Morgan fingerprint density at radius 1 is 1.17 bits per heavy atom. The van der Waals surface area contributed by atoms with E-state index in [0.717, 1.165) is 19.6 Å². The first-order valence-corrected chi connectivity index (χ1v) is 7.64. The molecule has 0 aliphatic heterocycles. The Labute approximate surface area is 116 Å². The quantitative estimate of drug-likeness (QED) is 0.764. The zero-order chi connectivity index (χ0) is 13.6. The van der Waals surface area contributed by atoms with Crippen LogP contribution in [0.25, 0.3) is 0 Å². The molecule has 3 heteroatoms. The lowest BCUT2D eigenvalue weighted by Gasteiger charge is -2.28. The highest BCUT2D eigenvalue weighted by Crippen LogP contribution is 2.16.